The summed E-state index contributed by atoms with van der Waals surface area (Å²) in [6.07, 6.45) is 2.93. The molecular weight excluding hydrogens is 430 g/mol. The van der Waals surface area contributed by atoms with Crippen LogP contribution in [0, 0.1) is 5.92 Å². The molecule has 1 aliphatic rings. The van der Waals surface area contributed by atoms with Crippen molar-refractivity contribution in [2.24, 2.45) is 5.92 Å². The molecule has 2 aromatic rings. The van der Waals surface area contributed by atoms with Crippen molar-refractivity contribution in [3.63, 3.8) is 0 Å². The zero-order valence-corrected chi connectivity index (χ0v) is 19.1. The molecule has 8 heteroatoms. The molecule has 32 heavy (non-hydrogen) atoms. The summed E-state index contributed by atoms with van der Waals surface area (Å²) in [4.78, 5) is 25.9. The van der Waals surface area contributed by atoms with Gasteiger partial charge in [-0.1, -0.05) is 30.3 Å². The van der Waals surface area contributed by atoms with E-state index in [1.165, 1.54) is 6.08 Å². The number of nitrogens with one attached hydrogen (secondary N) is 1. The van der Waals surface area contributed by atoms with Crippen LogP contribution in [0.1, 0.15) is 37.3 Å². The van der Waals surface area contributed by atoms with Gasteiger partial charge >= 0.3 is 5.97 Å². The van der Waals surface area contributed by atoms with Gasteiger partial charge in [0.05, 0.1) is 19.5 Å². The van der Waals surface area contributed by atoms with Gasteiger partial charge in [-0.25, -0.2) is 8.42 Å². The fourth-order valence-corrected chi connectivity index (χ4v) is 4.50. The van der Waals surface area contributed by atoms with E-state index in [-0.39, 0.29) is 12.4 Å². The summed E-state index contributed by atoms with van der Waals surface area (Å²) in [6.45, 7) is 4.20. The van der Waals surface area contributed by atoms with Crippen molar-refractivity contribution in [1.82, 2.24) is 0 Å². The lowest BCUT2D eigenvalue weighted by Gasteiger charge is -2.30. The van der Waals surface area contributed by atoms with E-state index < -0.39 is 27.8 Å². The summed E-state index contributed by atoms with van der Waals surface area (Å²) >= 11 is 0. The molecule has 0 saturated carbocycles. The molecule has 0 fully saturated rings. The normalized spacial score (nSPS) is 18.6. The summed E-state index contributed by atoms with van der Waals surface area (Å²) in [6, 6.07) is 14.2. The number of carbonyl (C=O) groups excluding carboxylic acids is 2. The van der Waals surface area contributed by atoms with Crippen molar-refractivity contribution >= 4 is 33.0 Å². The Morgan fingerprint density at radius 2 is 1.84 bits per heavy atom. The molecule has 7 nitrogen and oxygen atoms in total. The number of ketones is 1. The van der Waals surface area contributed by atoms with Crippen LogP contribution in [0.15, 0.2) is 54.6 Å². The van der Waals surface area contributed by atoms with E-state index in [9.17, 15) is 18.0 Å². The number of allylic oxidation sites excluding steroid dienone is 2. The number of anilines is 1. The fourth-order valence-electron chi connectivity index (χ4n) is 3.95. The van der Waals surface area contributed by atoms with E-state index in [0.29, 0.717) is 35.6 Å². The topological polar surface area (TPSA) is 98.8 Å². The van der Waals surface area contributed by atoms with Gasteiger partial charge in [-0.15, -0.1) is 0 Å². The quantitative estimate of drug-likeness (QED) is 0.479. The monoisotopic (exact) mass is 457 g/mol. The Hall–Kier alpha value is -3.13. The van der Waals surface area contributed by atoms with Gasteiger partial charge in [0.15, 0.2) is 5.78 Å². The van der Waals surface area contributed by atoms with Gasteiger partial charge in [0.2, 0.25) is 10.0 Å². The largest absolute Gasteiger partial charge is 0.494 e. The number of para-hydroxylation sites is 1. The fraction of sp³-hybridized carbons (Fsp3) is 0.333. The second-order valence-electron chi connectivity index (χ2n) is 7.54. The Morgan fingerprint density at radius 1 is 1.09 bits per heavy atom. The first kappa shape index (κ1) is 23.5. The average Bonchev–Trinajstić information content (AvgIpc) is 2.73. The van der Waals surface area contributed by atoms with Gasteiger partial charge in [0.25, 0.3) is 0 Å². The Kier molecular flexibility index (Phi) is 7.35. The first-order valence-corrected chi connectivity index (χ1v) is 12.3. The predicted molar refractivity (Wildman–Crippen MR) is 123 cm³/mol. The molecule has 0 unspecified atom stereocenters. The number of benzene rings is 2. The Morgan fingerprint density at radius 3 is 2.53 bits per heavy atom. The third kappa shape index (κ3) is 5.56. The highest BCUT2D eigenvalue weighted by molar-refractivity contribution is 7.92. The maximum absolute atomic E-state index is 13.1. The Bertz CT molecular complexity index is 1140. The van der Waals surface area contributed by atoms with Gasteiger partial charge < -0.3 is 9.47 Å². The van der Waals surface area contributed by atoms with Crippen molar-refractivity contribution in [2.75, 3.05) is 24.2 Å². The number of rotatable bonds is 8. The van der Waals surface area contributed by atoms with E-state index in [4.69, 9.17) is 9.47 Å². The zero-order chi connectivity index (χ0) is 23.3. The molecular formula is C24H27NO6S. The third-order valence-corrected chi connectivity index (χ3v) is 5.77. The molecule has 3 rings (SSSR count). The van der Waals surface area contributed by atoms with Crippen LogP contribution in [-0.4, -0.2) is 39.6 Å². The van der Waals surface area contributed by atoms with Crippen molar-refractivity contribution < 1.29 is 27.5 Å². The molecule has 2 aromatic carbocycles. The van der Waals surface area contributed by atoms with Crippen LogP contribution >= 0.6 is 0 Å². The van der Waals surface area contributed by atoms with Crippen molar-refractivity contribution in [3.05, 3.63) is 65.7 Å². The minimum absolute atomic E-state index is 0.179. The van der Waals surface area contributed by atoms with Gasteiger partial charge in [0.1, 0.15) is 11.7 Å². The molecule has 1 aliphatic carbocycles. The van der Waals surface area contributed by atoms with E-state index in [0.717, 1.165) is 11.8 Å². The number of sulfonamides is 1. The highest BCUT2D eigenvalue weighted by Gasteiger charge is 2.41. The Balaban J connectivity index is 2.05. The number of hydrogen-bond donors (Lipinski definition) is 1. The molecule has 0 aromatic heterocycles. The van der Waals surface area contributed by atoms with Gasteiger partial charge in [0, 0.05) is 11.6 Å². The van der Waals surface area contributed by atoms with Gasteiger partial charge in [-0.3, -0.25) is 14.3 Å². The van der Waals surface area contributed by atoms with Crippen molar-refractivity contribution in [3.8, 4) is 5.75 Å². The van der Waals surface area contributed by atoms with Crippen molar-refractivity contribution in [2.45, 2.75) is 26.2 Å². The van der Waals surface area contributed by atoms with Gasteiger partial charge in [-0.05, 0) is 61.2 Å². The molecule has 0 heterocycles. The SMILES string of the molecule is CCOC(=O)[C@H]1C(=O)C=C(c2cccc(NS(C)(=O)=O)c2)C[C@@H]1c1ccccc1OCC. The highest BCUT2D eigenvalue weighted by atomic mass is 32.2. The molecule has 0 saturated heterocycles. The van der Waals surface area contributed by atoms with Crippen LogP contribution in [0.5, 0.6) is 5.75 Å². The number of ether oxygens (including phenoxy) is 2. The number of hydrogen-bond acceptors (Lipinski definition) is 6. The highest BCUT2D eigenvalue weighted by Crippen LogP contribution is 2.43. The van der Waals surface area contributed by atoms with E-state index in [2.05, 4.69) is 4.72 Å². The minimum atomic E-state index is -3.44. The first-order chi connectivity index (χ1) is 15.2. The summed E-state index contributed by atoms with van der Waals surface area (Å²) < 4.78 is 36.7. The van der Waals surface area contributed by atoms with Crippen LogP contribution in [0.25, 0.3) is 5.57 Å². The number of esters is 1. The lowest BCUT2D eigenvalue weighted by molar-refractivity contribution is -0.151. The Labute approximate surface area is 188 Å². The second-order valence-corrected chi connectivity index (χ2v) is 9.29. The van der Waals surface area contributed by atoms with Gasteiger partial charge in [-0.2, -0.15) is 0 Å². The molecule has 0 radical (unpaired) electrons. The molecule has 170 valence electrons. The molecule has 0 amide bonds. The summed E-state index contributed by atoms with van der Waals surface area (Å²) in [5.41, 5.74) is 2.58. The third-order valence-electron chi connectivity index (χ3n) is 5.16. The van der Waals surface area contributed by atoms with Crippen molar-refractivity contribution in [1.29, 1.82) is 0 Å². The van der Waals surface area contributed by atoms with Crippen LogP contribution < -0.4 is 9.46 Å². The summed E-state index contributed by atoms with van der Waals surface area (Å²) in [7, 11) is -3.44. The minimum Gasteiger partial charge on any atom is -0.494 e. The van der Waals surface area contributed by atoms with Crippen LogP contribution in [-0.2, 0) is 24.3 Å². The smallest absolute Gasteiger partial charge is 0.317 e. The second kappa shape index (κ2) is 9.99. The summed E-state index contributed by atoms with van der Waals surface area (Å²) in [5.74, 6) is -1.73. The van der Waals surface area contributed by atoms with E-state index in [1.807, 2.05) is 37.3 Å². The van der Waals surface area contributed by atoms with Crippen LogP contribution in [0.2, 0.25) is 0 Å². The molecule has 0 bridgehead atoms. The molecule has 0 aliphatic heterocycles. The zero-order valence-electron chi connectivity index (χ0n) is 18.3. The average molecular weight is 458 g/mol. The van der Waals surface area contributed by atoms with Crippen LogP contribution in [0.3, 0.4) is 0 Å². The lowest BCUT2D eigenvalue weighted by atomic mass is 9.73. The number of carbonyl (C=O) groups is 2. The van der Waals surface area contributed by atoms with E-state index in [1.54, 1.807) is 25.1 Å². The summed E-state index contributed by atoms with van der Waals surface area (Å²) in [5, 5.41) is 0. The molecule has 1 N–H and O–H groups in total. The lowest BCUT2D eigenvalue weighted by Crippen LogP contribution is -2.34. The van der Waals surface area contributed by atoms with E-state index >= 15 is 0 Å². The maximum Gasteiger partial charge on any atom is 0.317 e. The predicted octanol–water partition coefficient (Wildman–Crippen LogP) is 3.78. The van der Waals surface area contributed by atoms with Crippen LogP contribution in [0.4, 0.5) is 5.69 Å². The first-order valence-electron chi connectivity index (χ1n) is 10.4. The maximum atomic E-state index is 13.1. The standard InChI is InChI=1S/C24H27NO6S/c1-4-30-22-12-7-6-11-19(22)20-14-17(15-21(26)23(20)24(27)31-5-2)16-9-8-10-18(13-16)25-32(3,28)29/h6-13,15,20,23,25H,4-5,14H2,1-3H3/t20-,23-/m1/s1. The molecule has 0 spiro atoms. The molecule has 2 atom stereocenters.